The van der Waals surface area contributed by atoms with Crippen molar-refractivity contribution in [2.24, 2.45) is 0 Å². The van der Waals surface area contributed by atoms with Gasteiger partial charge >= 0.3 is 17.9 Å². The first kappa shape index (κ1) is 72.3. The van der Waals surface area contributed by atoms with Crippen molar-refractivity contribution >= 4 is 17.9 Å². The average Bonchev–Trinajstić information content (AvgIpc) is 3.42. The topological polar surface area (TPSA) is 78.9 Å². The summed E-state index contributed by atoms with van der Waals surface area (Å²) in [6, 6.07) is 0. The van der Waals surface area contributed by atoms with Gasteiger partial charge < -0.3 is 14.2 Å². The highest BCUT2D eigenvalue weighted by Gasteiger charge is 2.19. The van der Waals surface area contributed by atoms with Gasteiger partial charge in [-0.3, -0.25) is 14.4 Å². The molecule has 0 radical (unpaired) electrons. The molecular weight excluding hydrogens is 937 g/mol. The van der Waals surface area contributed by atoms with E-state index >= 15 is 0 Å². The van der Waals surface area contributed by atoms with Crippen LogP contribution in [0.4, 0.5) is 0 Å². The summed E-state index contributed by atoms with van der Waals surface area (Å²) in [5.41, 5.74) is 0. The lowest BCUT2D eigenvalue weighted by molar-refractivity contribution is -0.167. The van der Waals surface area contributed by atoms with Crippen molar-refractivity contribution < 1.29 is 28.6 Å². The van der Waals surface area contributed by atoms with Crippen LogP contribution < -0.4 is 0 Å². The number of ether oxygens (including phenoxy) is 3. The van der Waals surface area contributed by atoms with Crippen LogP contribution in [0.15, 0.2) is 97.2 Å². The Morgan fingerprint density at radius 2 is 0.513 bits per heavy atom. The largest absolute Gasteiger partial charge is 0.462 e. The molecule has 0 aliphatic rings. The van der Waals surface area contributed by atoms with Gasteiger partial charge in [-0.15, -0.1) is 0 Å². The fraction of sp³-hybridized carbons (Fsp3) is 0.729. The summed E-state index contributed by atoms with van der Waals surface area (Å²) >= 11 is 0. The number of carbonyl (C=O) groups is 3. The molecule has 0 aromatic heterocycles. The monoisotopic (exact) mass is 1060 g/mol. The lowest BCUT2D eigenvalue weighted by Crippen LogP contribution is -2.30. The molecule has 436 valence electrons. The van der Waals surface area contributed by atoms with E-state index in [1.54, 1.807) is 0 Å². The molecule has 0 heterocycles. The van der Waals surface area contributed by atoms with E-state index in [1.165, 1.54) is 161 Å². The van der Waals surface area contributed by atoms with Crippen LogP contribution in [0, 0.1) is 0 Å². The summed E-state index contributed by atoms with van der Waals surface area (Å²) in [6.07, 6.45) is 85.7. The van der Waals surface area contributed by atoms with E-state index in [4.69, 9.17) is 14.2 Å². The minimum Gasteiger partial charge on any atom is -0.462 e. The zero-order chi connectivity index (χ0) is 55.0. The Kier molecular flexibility index (Phi) is 60.8. The summed E-state index contributed by atoms with van der Waals surface area (Å²) in [4.78, 5) is 38.1. The maximum atomic E-state index is 12.9. The number of carbonyl (C=O) groups excluding carboxylic acids is 3. The van der Waals surface area contributed by atoms with Gasteiger partial charge in [-0.2, -0.15) is 0 Å². The molecule has 0 saturated carbocycles. The first-order valence-electron chi connectivity index (χ1n) is 32.2. The van der Waals surface area contributed by atoms with Crippen LogP contribution in [0.25, 0.3) is 0 Å². The summed E-state index contributed by atoms with van der Waals surface area (Å²) in [6.45, 7) is 6.51. The smallest absolute Gasteiger partial charge is 0.306 e. The standard InChI is InChI=1S/C70H120O6/c1-4-7-10-13-16-19-21-23-25-27-29-31-32-33-34-35-36-37-38-40-41-43-45-47-49-51-54-57-60-63-69(72)75-66-67(65-74-68(71)62-59-56-53-18-15-12-9-6-3)76-70(73)64-61-58-55-52-50-48-46-44-42-39-30-28-26-24-22-20-17-14-11-8-5-2/h7,10,16,19,23,25,28-31,33-34,36-37,40-41,67H,4-6,8-9,11-15,17-18,20-22,24,26-27,32,35,38-39,42-66H2,1-3H3/b10-7-,19-16-,25-23-,30-28-,31-29-,34-33-,37-36-,41-40-. The fourth-order valence-corrected chi connectivity index (χ4v) is 9.01. The van der Waals surface area contributed by atoms with Crippen molar-refractivity contribution in [2.75, 3.05) is 13.2 Å². The first-order valence-corrected chi connectivity index (χ1v) is 32.2. The van der Waals surface area contributed by atoms with Gasteiger partial charge in [0.2, 0.25) is 0 Å². The number of esters is 3. The van der Waals surface area contributed by atoms with E-state index in [2.05, 4.69) is 118 Å². The number of hydrogen-bond acceptors (Lipinski definition) is 6. The van der Waals surface area contributed by atoms with E-state index in [9.17, 15) is 14.4 Å². The summed E-state index contributed by atoms with van der Waals surface area (Å²) in [7, 11) is 0. The van der Waals surface area contributed by atoms with Crippen molar-refractivity contribution in [3.05, 3.63) is 97.2 Å². The molecular formula is C70H120O6. The number of rotatable bonds is 58. The molecule has 0 rings (SSSR count). The minimum absolute atomic E-state index is 0.0796. The lowest BCUT2D eigenvalue weighted by atomic mass is 10.1. The second kappa shape index (κ2) is 63.9. The van der Waals surface area contributed by atoms with Gasteiger partial charge in [0, 0.05) is 19.3 Å². The Morgan fingerprint density at radius 1 is 0.276 bits per heavy atom. The Bertz CT molecular complexity index is 1490. The molecule has 0 bridgehead atoms. The van der Waals surface area contributed by atoms with Gasteiger partial charge in [0.15, 0.2) is 6.10 Å². The van der Waals surface area contributed by atoms with E-state index in [0.717, 1.165) is 109 Å². The van der Waals surface area contributed by atoms with E-state index < -0.39 is 6.10 Å². The Hall–Kier alpha value is -3.67. The molecule has 1 atom stereocenters. The van der Waals surface area contributed by atoms with Gasteiger partial charge in [0.1, 0.15) is 13.2 Å². The zero-order valence-electron chi connectivity index (χ0n) is 50.0. The first-order chi connectivity index (χ1) is 37.5. The lowest BCUT2D eigenvalue weighted by Gasteiger charge is -2.18. The second-order valence-electron chi connectivity index (χ2n) is 21.3. The highest BCUT2D eigenvalue weighted by molar-refractivity contribution is 5.71. The molecule has 0 aromatic carbocycles. The minimum atomic E-state index is -0.782. The molecule has 0 N–H and O–H groups in total. The molecule has 0 aliphatic carbocycles. The quantitative estimate of drug-likeness (QED) is 0.0261. The SMILES string of the molecule is CC/C=C\C/C=C\C/C=C\C/C=C\C/C=C\C/C=C\C/C=C\CCCCCCCCCC(=O)OCC(COC(=O)CCCCCCCCCC)OC(=O)CCCCCCCCCCC/C=C\CCCCCCCCCC. The van der Waals surface area contributed by atoms with Gasteiger partial charge in [-0.05, 0) is 103 Å². The predicted octanol–water partition coefficient (Wildman–Crippen LogP) is 22.0. The highest BCUT2D eigenvalue weighted by atomic mass is 16.6. The Labute approximate surface area is 470 Å². The maximum absolute atomic E-state index is 12.9. The van der Waals surface area contributed by atoms with Gasteiger partial charge in [0.25, 0.3) is 0 Å². The van der Waals surface area contributed by atoms with Crippen molar-refractivity contribution in [3.8, 4) is 0 Å². The average molecular weight is 1060 g/mol. The number of allylic oxidation sites excluding steroid dienone is 16. The third-order valence-corrected chi connectivity index (χ3v) is 13.8. The van der Waals surface area contributed by atoms with E-state index in [-0.39, 0.29) is 31.1 Å². The molecule has 76 heavy (non-hydrogen) atoms. The zero-order valence-corrected chi connectivity index (χ0v) is 50.0. The van der Waals surface area contributed by atoms with Gasteiger partial charge in [0.05, 0.1) is 0 Å². The molecule has 1 unspecified atom stereocenters. The molecule has 0 aliphatic heterocycles. The third-order valence-electron chi connectivity index (χ3n) is 13.8. The number of unbranched alkanes of at least 4 members (excludes halogenated alkanes) is 31. The second-order valence-corrected chi connectivity index (χ2v) is 21.3. The number of hydrogen-bond donors (Lipinski definition) is 0. The van der Waals surface area contributed by atoms with Crippen LogP contribution in [-0.2, 0) is 28.6 Å². The van der Waals surface area contributed by atoms with Crippen molar-refractivity contribution in [1.29, 1.82) is 0 Å². The molecule has 0 fully saturated rings. The molecule has 6 heteroatoms. The maximum Gasteiger partial charge on any atom is 0.306 e. The molecule has 0 amide bonds. The van der Waals surface area contributed by atoms with Crippen LogP contribution >= 0.6 is 0 Å². The highest BCUT2D eigenvalue weighted by Crippen LogP contribution is 2.16. The summed E-state index contributed by atoms with van der Waals surface area (Å²) in [5.74, 6) is -0.889. The molecule has 6 nitrogen and oxygen atoms in total. The van der Waals surface area contributed by atoms with Crippen molar-refractivity contribution in [1.82, 2.24) is 0 Å². The molecule has 0 spiro atoms. The van der Waals surface area contributed by atoms with Crippen molar-refractivity contribution in [3.63, 3.8) is 0 Å². The van der Waals surface area contributed by atoms with E-state index in [0.29, 0.717) is 19.3 Å². The summed E-state index contributed by atoms with van der Waals surface area (Å²) < 4.78 is 16.9. The molecule has 0 saturated heterocycles. The molecule has 0 aromatic rings. The van der Waals surface area contributed by atoms with Crippen LogP contribution in [0.2, 0.25) is 0 Å². The Balaban J connectivity index is 4.21. The van der Waals surface area contributed by atoms with Crippen LogP contribution in [-0.4, -0.2) is 37.2 Å². The Morgan fingerprint density at radius 3 is 0.816 bits per heavy atom. The van der Waals surface area contributed by atoms with Crippen molar-refractivity contribution in [2.45, 2.75) is 316 Å². The van der Waals surface area contributed by atoms with Crippen LogP contribution in [0.5, 0.6) is 0 Å². The van der Waals surface area contributed by atoms with Crippen LogP contribution in [0.1, 0.15) is 310 Å². The van der Waals surface area contributed by atoms with E-state index in [1.807, 2.05) is 0 Å². The fourth-order valence-electron chi connectivity index (χ4n) is 9.01. The predicted molar refractivity (Wildman–Crippen MR) is 330 cm³/mol. The van der Waals surface area contributed by atoms with Crippen LogP contribution in [0.3, 0.4) is 0 Å². The summed E-state index contributed by atoms with van der Waals surface area (Å²) in [5, 5.41) is 0. The normalized spacial score (nSPS) is 12.7. The van der Waals surface area contributed by atoms with Gasteiger partial charge in [-0.25, -0.2) is 0 Å². The van der Waals surface area contributed by atoms with Gasteiger partial charge in [-0.1, -0.05) is 285 Å². The third kappa shape index (κ3) is 61.2.